The summed E-state index contributed by atoms with van der Waals surface area (Å²) in [4.78, 5) is 28.4. The summed E-state index contributed by atoms with van der Waals surface area (Å²) in [6.45, 7) is 2.61. The standard InChI is InChI=1S/C30H23F5N2O4/c1-3-40-29(39)20-10-19(11-23(12-20)37-17(2)38)24-8-9-36-15-26(24)25-13-21(30(33,34)35)5-7-28(25)41-16-18-4-6-22(31)14-27(18)32/h4-15H,3,16H2,1-2H3,(H,37,38). The number of halogens is 5. The number of rotatable bonds is 8. The first-order valence-corrected chi connectivity index (χ1v) is 12.3. The fourth-order valence-corrected chi connectivity index (χ4v) is 4.09. The number of nitrogens with one attached hydrogen (secondary N) is 1. The van der Waals surface area contributed by atoms with E-state index in [0.717, 1.165) is 24.3 Å². The summed E-state index contributed by atoms with van der Waals surface area (Å²) in [5, 5.41) is 2.60. The predicted octanol–water partition coefficient (Wildman–Crippen LogP) is 7.43. The van der Waals surface area contributed by atoms with Crippen LogP contribution in [0.4, 0.5) is 27.6 Å². The van der Waals surface area contributed by atoms with Gasteiger partial charge in [0.25, 0.3) is 0 Å². The van der Waals surface area contributed by atoms with E-state index in [1.54, 1.807) is 13.0 Å². The summed E-state index contributed by atoms with van der Waals surface area (Å²) < 4.78 is 79.6. The number of pyridine rings is 1. The first-order valence-electron chi connectivity index (χ1n) is 12.3. The molecule has 0 atom stereocenters. The van der Waals surface area contributed by atoms with Gasteiger partial charge >= 0.3 is 12.1 Å². The second-order valence-electron chi connectivity index (χ2n) is 8.86. The Morgan fingerprint density at radius 2 is 1.71 bits per heavy atom. The van der Waals surface area contributed by atoms with E-state index in [-0.39, 0.29) is 40.3 Å². The van der Waals surface area contributed by atoms with Crippen LogP contribution in [-0.2, 0) is 22.3 Å². The minimum Gasteiger partial charge on any atom is -0.488 e. The van der Waals surface area contributed by atoms with E-state index >= 15 is 0 Å². The van der Waals surface area contributed by atoms with Crippen molar-refractivity contribution in [3.05, 3.63) is 101 Å². The lowest BCUT2D eigenvalue weighted by atomic mass is 9.93. The van der Waals surface area contributed by atoms with Crippen molar-refractivity contribution in [2.75, 3.05) is 11.9 Å². The van der Waals surface area contributed by atoms with Crippen LogP contribution in [0.2, 0.25) is 0 Å². The number of anilines is 1. The third-order valence-electron chi connectivity index (χ3n) is 5.89. The second kappa shape index (κ2) is 12.2. The molecule has 41 heavy (non-hydrogen) atoms. The van der Waals surface area contributed by atoms with Gasteiger partial charge in [0.2, 0.25) is 5.91 Å². The fourth-order valence-electron chi connectivity index (χ4n) is 4.09. The number of alkyl halides is 3. The summed E-state index contributed by atoms with van der Waals surface area (Å²) in [7, 11) is 0. The lowest BCUT2D eigenvalue weighted by Gasteiger charge is -2.18. The molecule has 0 fully saturated rings. The highest BCUT2D eigenvalue weighted by atomic mass is 19.4. The van der Waals surface area contributed by atoms with E-state index in [0.29, 0.717) is 17.2 Å². The van der Waals surface area contributed by atoms with Gasteiger partial charge in [0.05, 0.1) is 17.7 Å². The fraction of sp³-hybridized carbons (Fsp3) is 0.167. The molecule has 0 aliphatic rings. The van der Waals surface area contributed by atoms with Crippen molar-refractivity contribution in [3.63, 3.8) is 0 Å². The van der Waals surface area contributed by atoms with Gasteiger partial charge < -0.3 is 14.8 Å². The van der Waals surface area contributed by atoms with E-state index in [2.05, 4.69) is 10.3 Å². The molecule has 1 amide bonds. The molecule has 11 heteroatoms. The monoisotopic (exact) mass is 570 g/mol. The Morgan fingerprint density at radius 3 is 2.39 bits per heavy atom. The van der Waals surface area contributed by atoms with E-state index in [1.165, 1.54) is 43.6 Å². The van der Waals surface area contributed by atoms with Crippen LogP contribution >= 0.6 is 0 Å². The molecule has 0 aliphatic carbocycles. The lowest BCUT2D eigenvalue weighted by molar-refractivity contribution is -0.137. The molecular formula is C30H23F5N2O4. The van der Waals surface area contributed by atoms with E-state index in [1.807, 2.05) is 0 Å². The first kappa shape index (κ1) is 29.2. The Morgan fingerprint density at radius 1 is 0.927 bits per heavy atom. The second-order valence-corrected chi connectivity index (χ2v) is 8.86. The summed E-state index contributed by atoms with van der Waals surface area (Å²) in [5.41, 5.74) is 0.277. The summed E-state index contributed by atoms with van der Waals surface area (Å²) in [6, 6.07) is 11.7. The molecule has 0 saturated heterocycles. The van der Waals surface area contributed by atoms with Crippen molar-refractivity contribution < 1.29 is 41.0 Å². The number of nitrogens with zero attached hydrogens (tertiary/aromatic N) is 1. The maximum absolute atomic E-state index is 14.2. The van der Waals surface area contributed by atoms with Gasteiger partial charge in [0.1, 0.15) is 24.0 Å². The van der Waals surface area contributed by atoms with Crippen molar-refractivity contribution in [3.8, 4) is 28.0 Å². The molecule has 4 rings (SSSR count). The average Bonchev–Trinajstić information content (AvgIpc) is 2.91. The minimum absolute atomic E-state index is 0.00857. The normalized spacial score (nSPS) is 11.2. The third kappa shape index (κ3) is 7.05. The molecule has 3 aromatic carbocycles. The van der Waals surface area contributed by atoms with Gasteiger partial charge in [-0.25, -0.2) is 13.6 Å². The van der Waals surface area contributed by atoms with Crippen molar-refractivity contribution in [2.24, 2.45) is 0 Å². The molecule has 1 heterocycles. The molecule has 212 valence electrons. The summed E-state index contributed by atoms with van der Waals surface area (Å²) in [6.07, 6.45) is -1.96. The van der Waals surface area contributed by atoms with Gasteiger partial charge in [0.15, 0.2) is 0 Å². The third-order valence-corrected chi connectivity index (χ3v) is 5.89. The Hall–Kier alpha value is -4.80. The highest BCUT2D eigenvalue weighted by molar-refractivity contribution is 5.97. The minimum atomic E-state index is -4.69. The SMILES string of the molecule is CCOC(=O)c1cc(NC(C)=O)cc(-c2ccncc2-c2cc(C(F)(F)F)ccc2OCc2ccc(F)cc2F)c1. The number of hydrogen-bond acceptors (Lipinski definition) is 5. The van der Waals surface area contributed by atoms with Crippen LogP contribution in [0.1, 0.15) is 35.3 Å². The highest BCUT2D eigenvalue weighted by Gasteiger charge is 2.32. The maximum Gasteiger partial charge on any atom is 0.416 e. The largest absolute Gasteiger partial charge is 0.488 e. The quantitative estimate of drug-likeness (QED) is 0.176. The van der Waals surface area contributed by atoms with Crippen molar-refractivity contribution in [1.29, 1.82) is 0 Å². The highest BCUT2D eigenvalue weighted by Crippen LogP contribution is 2.41. The number of carbonyl (C=O) groups is 2. The number of carbonyl (C=O) groups excluding carboxylic acids is 2. The van der Waals surface area contributed by atoms with Gasteiger partial charge in [0, 0.05) is 47.8 Å². The molecular weight excluding hydrogens is 547 g/mol. The number of ether oxygens (including phenoxy) is 2. The smallest absolute Gasteiger partial charge is 0.416 e. The summed E-state index contributed by atoms with van der Waals surface area (Å²) in [5.74, 6) is -2.76. The topological polar surface area (TPSA) is 77.5 Å². The zero-order valence-electron chi connectivity index (χ0n) is 21.8. The Kier molecular flexibility index (Phi) is 8.65. The molecule has 0 radical (unpaired) electrons. The number of benzene rings is 3. The number of esters is 1. The van der Waals surface area contributed by atoms with Crippen LogP contribution in [-0.4, -0.2) is 23.5 Å². The van der Waals surface area contributed by atoms with E-state index in [9.17, 15) is 31.5 Å². The zero-order chi connectivity index (χ0) is 29.7. The molecule has 0 saturated carbocycles. The van der Waals surface area contributed by atoms with Crippen LogP contribution in [0.5, 0.6) is 5.75 Å². The van der Waals surface area contributed by atoms with Crippen LogP contribution in [0.15, 0.2) is 73.1 Å². The summed E-state index contributed by atoms with van der Waals surface area (Å²) >= 11 is 0. The molecule has 0 spiro atoms. The molecule has 4 aromatic rings. The molecule has 1 N–H and O–H groups in total. The van der Waals surface area contributed by atoms with Crippen molar-refractivity contribution >= 4 is 17.6 Å². The first-order chi connectivity index (χ1) is 19.5. The molecule has 0 bridgehead atoms. The van der Waals surface area contributed by atoms with Crippen LogP contribution in [0.25, 0.3) is 22.3 Å². The molecule has 0 unspecified atom stereocenters. The van der Waals surface area contributed by atoms with Crippen LogP contribution in [0, 0.1) is 11.6 Å². The van der Waals surface area contributed by atoms with Gasteiger partial charge in [-0.3, -0.25) is 9.78 Å². The lowest BCUT2D eigenvalue weighted by Crippen LogP contribution is -2.09. The predicted molar refractivity (Wildman–Crippen MR) is 141 cm³/mol. The molecule has 6 nitrogen and oxygen atoms in total. The Labute approximate surface area is 231 Å². The van der Waals surface area contributed by atoms with E-state index in [4.69, 9.17) is 9.47 Å². The zero-order valence-corrected chi connectivity index (χ0v) is 21.8. The van der Waals surface area contributed by atoms with E-state index < -0.39 is 41.9 Å². The maximum atomic E-state index is 14.2. The molecule has 1 aromatic heterocycles. The van der Waals surface area contributed by atoms with Gasteiger partial charge in [-0.05, 0) is 72.6 Å². The van der Waals surface area contributed by atoms with Crippen molar-refractivity contribution in [1.82, 2.24) is 4.98 Å². The van der Waals surface area contributed by atoms with Crippen LogP contribution in [0.3, 0.4) is 0 Å². The number of amides is 1. The number of aromatic nitrogens is 1. The Balaban J connectivity index is 1.87. The van der Waals surface area contributed by atoms with Gasteiger partial charge in [-0.2, -0.15) is 13.2 Å². The average molecular weight is 571 g/mol. The van der Waals surface area contributed by atoms with Gasteiger partial charge in [-0.15, -0.1) is 0 Å². The van der Waals surface area contributed by atoms with Gasteiger partial charge in [-0.1, -0.05) is 0 Å². The molecule has 0 aliphatic heterocycles. The number of hydrogen-bond donors (Lipinski definition) is 1. The van der Waals surface area contributed by atoms with Crippen LogP contribution < -0.4 is 10.1 Å². The van der Waals surface area contributed by atoms with Crippen molar-refractivity contribution in [2.45, 2.75) is 26.6 Å². The Bertz CT molecular complexity index is 1600.